The molecule has 1 unspecified atom stereocenters. The molecule has 2 aromatic rings. The molecule has 1 N–H and O–H groups in total. The first-order valence-electron chi connectivity index (χ1n) is 7.21. The number of nitro benzene ring substituents is 1. The average molecular weight is 290 g/mol. The van der Waals surface area contributed by atoms with E-state index >= 15 is 0 Å². The number of nitrogens with one attached hydrogen (secondary N) is 1. The van der Waals surface area contributed by atoms with Crippen LogP contribution in [0, 0.1) is 10.1 Å². The molecule has 0 saturated carbocycles. The number of nitro groups is 1. The van der Waals surface area contributed by atoms with Crippen molar-refractivity contribution in [1.82, 2.24) is 10.3 Å². The van der Waals surface area contributed by atoms with E-state index in [0.29, 0.717) is 23.2 Å². The van der Waals surface area contributed by atoms with E-state index in [1.807, 2.05) is 0 Å². The van der Waals surface area contributed by atoms with E-state index in [1.165, 1.54) is 12.1 Å². The molecule has 1 saturated heterocycles. The lowest BCUT2D eigenvalue weighted by atomic mass is 10.2. The van der Waals surface area contributed by atoms with Crippen molar-refractivity contribution in [1.29, 1.82) is 0 Å². The summed E-state index contributed by atoms with van der Waals surface area (Å²) in [5, 5.41) is 14.2. The lowest BCUT2D eigenvalue weighted by molar-refractivity contribution is -0.384. The highest BCUT2D eigenvalue weighted by Crippen LogP contribution is 2.27. The van der Waals surface area contributed by atoms with Crippen LogP contribution in [0.1, 0.15) is 19.8 Å². The van der Waals surface area contributed by atoms with E-state index in [2.05, 4.69) is 22.1 Å². The van der Waals surface area contributed by atoms with Crippen molar-refractivity contribution >= 4 is 22.8 Å². The van der Waals surface area contributed by atoms with Gasteiger partial charge in [-0.15, -0.1) is 0 Å². The average Bonchev–Trinajstić information content (AvgIpc) is 3.12. The zero-order chi connectivity index (χ0) is 14.8. The van der Waals surface area contributed by atoms with E-state index < -0.39 is 4.92 Å². The van der Waals surface area contributed by atoms with Gasteiger partial charge in [0.15, 0.2) is 5.58 Å². The second-order valence-corrected chi connectivity index (χ2v) is 5.25. The van der Waals surface area contributed by atoms with Gasteiger partial charge < -0.3 is 14.6 Å². The molecule has 1 aromatic heterocycles. The largest absolute Gasteiger partial charge is 0.423 e. The molecule has 0 radical (unpaired) electrons. The molecule has 0 bridgehead atoms. The third-order valence-electron chi connectivity index (χ3n) is 3.76. The summed E-state index contributed by atoms with van der Waals surface area (Å²) in [6.45, 7) is 4.89. The van der Waals surface area contributed by atoms with Crippen molar-refractivity contribution in [3.05, 3.63) is 28.3 Å². The molecule has 7 nitrogen and oxygen atoms in total. The second-order valence-electron chi connectivity index (χ2n) is 5.25. The summed E-state index contributed by atoms with van der Waals surface area (Å²) >= 11 is 0. The molecule has 112 valence electrons. The van der Waals surface area contributed by atoms with Crippen LogP contribution in [0.4, 0.5) is 11.7 Å². The number of nitrogens with zero attached hydrogens (tertiary/aromatic N) is 3. The smallest absolute Gasteiger partial charge is 0.298 e. The molecule has 21 heavy (non-hydrogen) atoms. The summed E-state index contributed by atoms with van der Waals surface area (Å²) in [7, 11) is 0. The Morgan fingerprint density at radius 1 is 1.57 bits per heavy atom. The number of benzene rings is 1. The monoisotopic (exact) mass is 290 g/mol. The van der Waals surface area contributed by atoms with Crippen LogP contribution in [0.3, 0.4) is 0 Å². The summed E-state index contributed by atoms with van der Waals surface area (Å²) in [6.07, 6.45) is 2.05. The van der Waals surface area contributed by atoms with Gasteiger partial charge in [-0.1, -0.05) is 6.92 Å². The first kappa shape index (κ1) is 13.8. The normalized spacial score (nSPS) is 18.2. The van der Waals surface area contributed by atoms with Gasteiger partial charge in [0.1, 0.15) is 5.52 Å². The van der Waals surface area contributed by atoms with Crippen molar-refractivity contribution < 1.29 is 9.34 Å². The molecule has 1 aromatic carbocycles. The summed E-state index contributed by atoms with van der Waals surface area (Å²) < 4.78 is 5.79. The van der Waals surface area contributed by atoms with Gasteiger partial charge in [0.25, 0.3) is 11.7 Å². The highest BCUT2D eigenvalue weighted by atomic mass is 16.6. The predicted octanol–water partition coefficient (Wildman–Crippen LogP) is 2.31. The van der Waals surface area contributed by atoms with Crippen LogP contribution in [0.25, 0.3) is 11.1 Å². The first-order chi connectivity index (χ1) is 10.2. The molecular weight excluding hydrogens is 272 g/mol. The minimum absolute atomic E-state index is 0.0342. The number of rotatable bonds is 5. The maximum absolute atomic E-state index is 10.8. The first-order valence-corrected chi connectivity index (χ1v) is 7.21. The molecule has 0 amide bonds. The van der Waals surface area contributed by atoms with Gasteiger partial charge in [0.2, 0.25) is 0 Å². The van der Waals surface area contributed by atoms with Crippen molar-refractivity contribution in [3.63, 3.8) is 0 Å². The van der Waals surface area contributed by atoms with Crippen LogP contribution in [0.2, 0.25) is 0 Å². The summed E-state index contributed by atoms with van der Waals surface area (Å²) in [5.74, 6) is 0. The van der Waals surface area contributed by atoms with Crippen LogP contribution in [-0.2, 0) is 0 Å². The Bertz CT molecular complexity index is 649. The molecule has 0 aliphatic carbocycles. The quantitative estimate of drug-likeness (QED) is 0.672. The van der Waals surface area contributed by atoms with Gasteiger partial charge in [0.05, 0.1) is 4.92 Å². The standard InChI is InChI=1S/C14H18N4O3/c1-2-7-17(11-5-6-15-9-11)14-16-12-8-10(18(19)20)3-4-13(12)21-14/h3-4,8,11,15H,2,5-7,9H2,1H3. The molecule has 0 spiro atoms. The van der Waals surface area contributed by atoms with Crippen LogP contribution in [0.5, 0.6) is 0 Å². The summed E-state index contributed by atoms with van der Waals surface area (Å²) in [4.78, 5) is 17.0. The van der Waals surface area contributed by atoms with Crippen molar-refractivity contribution in [2.75, 3.05) is 24.5 Å². The Balaban J connectivity index is 1.95. The van der Waals surface area contributed by atoms with Gasteiger partial charge >= 0.3 is 0 Å². The molecule has 1 atom stereocenters. The van der Waals surface area contributed by atoms with Crippen LogP contribution < -0.4 is 10.2 Å². The number of oxazole rings is 1. The molecular formula is C14H18N4O3. The summed E-state index contributed by atoms with van der Waals surface area (Å²) in [6, 6.07) is 5.44. The number of hydrogen-bond acceptors (Lipinski definition) is 6. The lowest BCUT2D eigenvalue weighted by Gasteiger charge is -2.26. The Morgan fingerprint density at radius 2 is 2.43 bits per heavy atom. The predicted molar refractivity (Wildman–Crippen MR) is 79.6 cm³/mol. The number of aromatic nitrogens is 1. The van der Waals surface area contributed by atoms with Crippen molar-refractivity contribution in [3.8, 4) is 0 Å². The molecule has 1 aliphatic rings. The van der Waals surface area contributed by atoms with Gasteiger partial charge in [0, 0.05) is 31.3 Å². The Labute approximate surface area is 122 Å². The van der Waals surface area contributed by atoms with E-state index in [-0.39, 0.29) is 5.69 Å². The highest BCUT2D eigenvalue weighted by molar-refractivity contribution is 5.77. The summed E-state index contributed by atoms with van der Waals surface area (Å²) in [5.41, 5.74) is 1.15. The number of fused-ring (bicyclic) bond motifs is 1. The fourth-order valence-electron chi connectivity index (χ4n) is 2.72. The Hall–Kier alpha value is -2.15. The molecule has 1 fully saturated rings. The number of non-ortho nitro benzene ring substituents is 1. The SMILES string of the molecule is CCCN(c1nc2cc([N+](=O)[O-])ccc2o1)C1CCNC1. The van der Waals surface area contributed by atoms with Gasteiger partial charge in [-0.2, -0.15) is 4.98 Å². The zero-order valence-electron chi connectivity index (χ0n) is 11.9. The molecule has 1 aliphatic heterocycles. The van der Waals surface area contributed by atoms with E-state index in [4.69, 9.17) is 4.42 Å². The van der Waals surface area contributed by atoms with Gasteiger partial charge in [-0.05, 0) is 25.5 Å². The maximum Gasteiger partial charge on any atom is 0.298 e. The topological polar surface area (TPSA) is 84.4 Å². The third kappa shape index (κ3) is 2.69. The fourth-order valence-corrected chi connectivity index (χ4v) is 2.72. The van der Waals surface area contributed by atoms with Crippen molar-refractivity contribution in [2.24, 2.45) is 0 Å². The van der Waals surface area contributed by atoms with Crippen LogP contribution in [-0.4, -0.2) is 35.6 Å². The highest BCUT2D eigenvalue weighted by Gasteiger charge is 2.26. The molecule has 7 heteroatoms. The van der Waals surface area contributed by atoms with E-state index in [9.17, 15) is 10.1 Å². The second kappa shape index (κ2) is 5.69. The minimum Gasteiger partial charge on any atom is -0.423 e. The maximum atomic E-state index is 10.8. The van der Waals surface area contributed by atoms with Crippen LogP contribution in [0.15, 0.2) is 22.6 Å². The van der Waals surface area contributed by atoms with Gasteiger partial charge in [-0.25, -0.2) is 0 Å². The lowest BCUT2D eigenvalue weighted by Crippen LogP contribution is -2.37. The van der Waals surface area contributed by atoms with Gasteiger partial charge in [-0.3, -0.25) is 10.1 Å². The Morgan fingerprint density at radius 3 is 3.10 bits per heavy atom. The third-order valence-corrected chi connectivity index (χ3v) is 3.76. The zero-order valence-corrected chi connectivity index (χ0v) is 11.9. The van der Waals surface area contributed by atoms with Crippen molar-refractivity contribution in [2.45, 2.75) is 25.8 Å². The molecule has 3 rings (SSSR count). The van der Waals surface area contributed by atoms with Crippen LogP contribution >= 0.6 is 0 Å². The van der Waals surface area contributed by atoms with E-state index in [0.717, 1.165) is 32.5 Å². The minimum atomic E-state index is -0.418. The fraction of sp³-hybridized carbons (Fsp3) is 0.500. The number of anilines is 1. The Kier molecular flexibility index (Phi) is 3.74. The number of hydrogen-bond donors (Lipinski definition) is 1. The van der Waals surface area contributed by atoms with E-state index in [1.54, 1.807) is 6.07 Å². The molecule has 2 heterocycles.